The molecule has 0 aliphatic rings. The number of alkyl halides is 1. The third-order valence-electron chi connectivity index (χ3n) is 2.76. The van der Waals surface area contributed by atoms with Crippen molar-refractivity contribution in [3.8, 4) is 0 Å². The smallest absolute Gasteiger partial charge is 0.129 e. The van der Waals surface area contributed by atoms with E-state index in [0.29, 0.717) is 10.0 Å². The highest BCUT2D eigenvalue weighted by molar-refractivity contribution is 9.11. The number of hydrogen-bond acceptors (Lipinski definition) is 0. The molecule has 0 heterocycles. The van der Waals surface area contributed by atoms with Crippen molar-refractivity contribution < 1.29 is 13.2 Å². The molecule has 0 nitrogen and oxygen atoms in total. The first kappa shape index (κ1) is 14.6. The molecule has 1 unspecified atom stereocenters. The van der Waals surface area contributed by atoms with E-state index in [2.05, 4.69) is 31.9 Å². The summed E-state index contributed by atoms with van der Waals surface area (Å²) in [4.78, 5) is -0.519. The van der Waals surface area contributed by atoms with Gasteiger partial charge >= 0.3 is 0 Å². The van der Waals surface area contributed by atoms with Crippen LogP contribution in [0.25, 0.3) is 0 Å². The highest BCUT2D eigenvalue weighted by atomic mass is 79.9. The first-order valence-corrected chi connectivity index (χ1v) is 7.22. The predicted molar refractivity (Wildman–Crippen MR) is 75.8 cm³/mol. The standard InChI is InChI=1S/C14H9Br2F3/c15-9-3-1-6-13(19)14(9)10(16)7-8-11(17)4-2-5-12(8)18/h1-6,10H,7H2. The van der Waals surface area contributed by atoms with Crippen molar-refractivity contribution in [3.63, 3.8) is 0 Å². The van der Waals surface area contributed by atoms with Gasteiger partial charge in [0.1, 0.15) is 17.5 Å². The third-order valence-corrected chi connectivity index (χ3v) is 4.23. The van der Waals surface area contributed by atoms with Crippen LogP contribution in [0.4, 0.5) is 13.2 Å². The van der Waals surface area contributed by atoms with Crippen LogP contribution in [0.3, 0.4) is 0 Å². The van der Waals surface area contributed by atoms with Gasteiger partial charge in [-0.1, -0.05) is 44.0 Å². The Labute approximate surface area is 125 Å². The van der Waals surface area contributed by atoms with Crippen LogP contribution in [-0.4, -0.2) is 0 Å². The van der Waals surface area contributed by atoms with Crippen LogP contribution in [-0.2, 0) is 6.42 Å². The van der Waals surface area contributed by atoms with Crippen molar-refractivity contribution >= 4 is 31.9 Å². The summed E-state index contributed by atoms with van der Waals surface area (Å²) in [5, 5.41) is 0. The summed E-state index contributed by atoms with van der Waals surface area (Å²) in [7, 11) is 0. The Morgan fingerprint density at radius 1 is 0.895 bits per heavy atom. The van der Waals surface area contributed by atoms with Crippen LogP contribution in [0, 0.1) is 17.5 Å². The molecule has 0 aliphatic heterocycles. The van der Waals surface area contributed by atoms with Gasteiger partial charge in [0.05, 0.1) is 0 Å². The second-order valence-electron chi connectivity index (χ2n) is 4.01. The van der Waals surface area contributed by atoms with E-state index in [1.165, 1.54) is 24.3 Å². The summed E-state index contributed by atoms with van der Waals surface area (Å²) in [5.41, 5.74) is 0.296. The van der Waals surface area contributed by atoms with Gasteiger partial charge in [0.25, 0.3) is 0 Å². The summed E-state index contributed by atoms with van der Waals surface area (Å²) in [5.74, 6) is -1.68. The minimum atomic E-state index is -0.628. The number of benzene rings is 2. The quantitative estimate of drug-likeness (QED) is 0.600. The summed E-state index contributed by atoms with van der Waals surface area (Å²) in [6.07, 6.45) is 0.0258. The van der Waals surface area contributed by atoms with Crippen molar-refractivity contribution in [3.05, 3.63) is 69.4 Å². The summed E-state index contributed by atoms with van der Waals surface area (Å²) in [6.45, 7) is 0. The second-order valence-corrected chi connectivity index (χ2v) is 5.97. The Hall–Kier alpha value is -0.810. The maximum absolute atomic E-state index is 13.8. The van der Waals surface area contributed by atoms with E-state index in [1.807, 2.05) is 0 Å². The van der Waals surface area contributed by atoms with Gasteiger partial charge in [-0.15, -0.1) is 0 Å². The maximum atomic E-state index is 13.8. The normalized spacial score (nSPS) is 12.5. The zero-order chi connectivity index (χ0) is 14.0. The number of rotatable bonds is 3. The molecular formula is C14H9Br2F3. The van der Waals surface area contributed by atoms with Gasteiger partial charge in [0.2, 0.25) is 0 Å². The highest BCUT2D eigenvalue weighted by Crippen LogP contribution is 2.35. The van der Waals surface area contributed by atoms with E-state index in [4.69, 9.17) is 0 Å². The highest BCUT2D eigenvalue weighted by Gasteiger charge is 2.20. The van der Waals surface area contributed by atoms with E-state index < -0.39 is 22.3 Å². The first-order chi connectivity index (χ1) is 9.00. The lowest BCUT2D eigenvalue weighted by Crippen LogP contribution is -2.04. The fourth-order valence-corrected chi connectivity index (χ4v) is 3.53. The molecular weight excluding hydrogens is 385 g/mol. The van der Waals surface area contributed by atoms with Crippen molar-refractivity contribution in [1.29, 1.82) is 0 Å². The van der Waals surface area contributed by atoms with Crippen molar-refractivity contribution in [2.45, 2.75) is 11.2 Å². The van der Waals surface area contributed by atoms with Crippen molar-refractivity contribution in [1.82, 2.24) is 0 Å². The summed E-state index contributed by atoms with van der Waals surface area (Å²) in [6, 6.07) is 8.24. The van der Waals surface area contributed by atoms with Gasteiger partial charge in [-0.25, -0.2) is 13.2 Å². The Morgan fingerprint density at radius 2 is 1.42 bits per heavy atom. The van der Waals surface area contributed by atoms with Gasteiger partial charge in [-0.3, -0.25) is 0 Å². The average Bonchev–Trinajstić information content (AvgIpc) is 2.34. The first-order valence-electron chi connectivity index (χ1n) is 5.51. The Balaban J connectivity index is 2.34. The number of hydrogen-bond donors (Lipinski definition) is 0. The van der Waals surface area contributed by atoms with Crippen LogP contribution in [0.1, 0.15) is 16.0 Å². The van der Waals surface area contributed by atoms with Crippen LogP contribution in [0.5, 0.6) is 0 Å². The monoisotopic (exact) mass is 392 g/mol. The molecule has 2 aromatic carbocycles. The lowest BCUT2D eigenvalue weighted by Gasteiger charge is -2.14. The third kappa shape index (κ3) is 3.20. The van der Waals surface area contributed by atoms with Crippen LogP contribution in [0.15, 0.2) is 40.9 Å². The van der Waals surface area contributed by atoms with Gasteiger partial charge in [-0.05, 0) is 30.7 Å². The predicted octanol–water partition coefficient (Wildman–Crippen LogP) is 5.55. The molecule has 0 bridgehead atoms. The molecule has 19 heavy (non-hydrogen) atoms. The van der Waals surface area contributed by atoms with E-state index in [1.54, 1.807) is 12.1 Å². The molecule has 0 saturated carbocycles. The van der Waals surface area contributed by atoms with E-state index in [-0.39, 0.29) is 12.0 Å². The fraction of sp³-hybridized carbons (Fsp3) is 0.143. The Bertz CT molecular complexity index is 559. The minimum Gasteiger partial charge on any atom is -0.207 e. The molecule has 0 radical (unpaired) electrons. The SMILES string of the molecule is Fc1cccc(F)c1CC(Br)c1c(F)cccc1Br. The molecule has 5 heteroatoms. The lowest BCUT2D eigenvalue weighted by molar-refractivity contribution is 0.550. The zero-order valence-electron chi connectivity index (χ0n) is 9.64. The molecule has 0 saturated heterocycles. The van der Waals surface area contributed by atoms with Crippen LogP contribution >= 0.6 is 31.9 Å². The molecule has 0 spiro atoms. The van der Waals surface area contributed by atoms with Gasteiger partial charge < -0.3 is 0 Å². The molecule has 0 aliphatic carbocycles. The topological polar surface area (TPSA) is 0 Å². The van der Waals surface area contributed by atoms with E-state index in [0.717, 1.165) is 0 Å². The van der Waals surface area contributed by atoms with Crippen molar-refractivity contribution in [2.24, 2.45) is 0 Å². The lowest BCUT2D eigenvalue weighted by atomic mass is 10.0. The molecule has 0 aromatic heterocycles. The Kier molecular flexibility index (Phi) is 4.68. The Morgan fingerprint density at radius 3 is 2.00 bits per heavy atom. The molecule has 0 fully saturated rings. The molecule has 0 amide bonds. The van der Waals surface area contributed by atoms with Gasteiger partial charge in [0, 0.05) is 20.4 Å². The average molecular weight is 394 g/mol. The van der Waals surface area contributed by atoms with Crippen LogP contribution in [0.2, 0.25) is 0 Å². The maximum Gasteiger partial charge on any atom is 0.129 e. The fourth-order valence-electron chi connectivity index (χ4n) is 1.82. The second kappa shape index (κ2) is 6.09. The summed E-state index contributed by atoms with van der Waals surface area (Å²) < 4.78 is 41.4. The molecule has 2 rings (SSSR count). The molecule has 0 N–H and O–H groups in total. The largest absolute Gasteiger partial charge is 0.207 e. The van der Waals surface area contributed by atoms with E-state index in [9.17, 15) is 13.2 Å². The number of halogens is 5. The van der Waals surface area contributed by atoms with Crippen LogP contribution < -0.4 is 0 Å². The molecule has 100 valence electrons. The van der Waals surface area contributed by atoms with Gasteiger partial charge in [0.15, 0.2) is 0 Å². The van der Waals surface area contributed by atoms with Crippen molar-refractivity contribution in [2.75, 3.05) is 0 Å². The molecule has 2 aromatic rings. The molecule has 1 atom stereocenters. The van der Waals surface area contributed by atoms with Gasteiger partial charge in [-0.2, -0.15) is 0 Å². The summed E-state index contributed by atoms with van der Waals surface area (Å²) >= 11 is 6.53. The minimum absolute atomic E-state index is 0.0258. The van der Waals surface area contributed by atoms with E-state index >= 15 is 0 Å². The zero-order valence-corrected chi connectivity index (χ0v) is 12.8.